The average molecular weight is 454 g/mol. The SMILES string of the molecule is CCCC(F)(OP(=O)(O)[C@@](C)(O)CC)[C@H]1O[C@@H](n2cc(C)c(=O)[nH]c2=O)[C@H](O)[C@@H]1O. The predicted octanol–water partition coefficient (Wildman–Crippen LogP) is 0.251. The Morgan fingerprint density at radius 1 is 1.33 bits per heavy atom. The third-order valence-electron chi connectivity index (χ3n) is 5.23. The summed E-state index contributed by atoms with van der Waals surface area (Å²) in [5.74, 6) is -3.08. The largest absolute Gasteiger partial charge is 0.387 e. The van der Waals surface area contributed by atoms with Gasteiger partial charge in [-0.2, -0.15) is 0 Å². The van der Waals surface area contributed by atoms with Crippen LogP contribution in [0.5, 0.6) is 0 Å². The zero-order chi connectivity index (χ0) is 23.1. The van der Waals surface area contributed by atoms with Crippen molar-refractivity contribution in [2.75, 3.05) is 0 Å². The van der Waals surface area contributed by atoms with Crippen LogP contribution in [-0.2, 0) is 13.8 Å². The summed E-state index contributed by atoms with van der Waals surface area (Å²) >= 11 is 0. The van der Waals surface area contributed by atoms with Crippen LogP contribution in [-0.4, -0.2) is 59.3 Å². The monoisotopic (exact) mass is 454 g/mol. The normalized spacial score (nSPS) is 30.4. The Balaban J connectivity index is 2.45. The van der Waals surface area contributed by atoms with E-state index in [1.807, 2.05) is 4.98 Å². The Kier molecular flexibility index (Phi) is 7.14. The number of hydrogen-bond acceptors (Lipinski definition) is 8. The van der Waals surface area contributed by atoms with Gasteiger partial charge in [0.2, 0.25) is 5.85 Å². The minimum atomic E-state index is -4.97. The molecule has 2 rings (SSSR count). The van der Waals surface area contributed by atoms with E-state index < -0.39 is 61.0 Å². The molecule has 0 bridgehead atoms. The van der Waals surface area contributed by atoms with Crippen molar-refractivity contribution >= 4 is 7.60 Å². The summed E-state index contributed by atoms with van der Waals surface area (Å²) in [7, 11) is -4.97. The molecular weight excluding hydrogens is 426 g/mol. The van der Waals surface area contributed by atoms with Crippen molar-refractivity contribution in [3.63, 3.8) is 0 Å². The first-order valence-electron chi connectivity index (χ1n) is 9.49. The molecule has 2 unspecified atom stereocenters. The molecule has 13 heteroatoms. The van der Waals surface area contributed by atoms with Crippen molar-refractivity contribution in [1.29, 1.82) is 0 Å². The van der Waals surface area contributed by atoms with E-state index in [1.54, 1.807) is 6.92 Å². The number of alkyl halides is 1. The fourth-order valence-corrected chi connectivity index (χ4v) is 4.31. The molecule has 172 valence electrons. The highest BCUT2D eigenvalue weighted by Gasteiger charge is 2.59. The zero-order valence-corrected chi connectivity index (χ0v) is 18.0. The van der Waals surface area contributed by atoms with Crippen LogP contribution < -0.4 is 11.2 Å². The summed E-state index contributed by atoms with van der Waals surface area (Å²) in [5.41, 5.74) is -1.54. The summed E-state index contributed by atoms with van der Waals surface area (Å²) in [5, 5.41) is 28.6. The maximum absolute atomic E-state index is 15.8. The van der Waals surface area contributed by atoms with E-state index in [1.165, 1.54) is 13.8 Å². The number of rotatable bonds is 8. The minimum Gasteiger partial charge on any atom is -0.387 e. The van der Waals surface area contributed by atoms with Crippen LogP contribution >= 0.6 is 7.60 Å². The lowest BCUT2D eigenvalue weighted by Gasteiger charge is -2.37. The second-order valence-electron chi connectivity index (χ2n) is 7.63. The highest BCUT2D eigenvalue weighted by atomic mass is 31.2. The van der Waals surface area contributed by atoms with Crippen molar-refractivity contribution in [3.8, 4) is 0 Å². The summed E-state index contributed by atoms with van der Waals surface area (Å²) in [6.07, 6.45) is -6.92. The predicted molar refractivity (Wildman–Crippen MR) is 103 cm³/mol. The number of hydrogen-bond donors (Lipinski definition) is 5. The van der Waals surface area contributed by atoms with Gasteiger partial charge in [-0.25, -0.2) is 9.18 Å². The van der Waals surface area contributed by atoms with Gasteiger partial charge in [0.25, 0.3) is 5.56 Å². The number of nitrogens with zero attached hydrogens (tertiary/aromatic N) is 1. The quantitative estimate of drug-likeness (QED) is 0.345. The van der Waals surface area contributed by atoms with Crippen LogP contribution in [0, 0.1) is 6.92 Å². The van der Waals surface area contributed by atoms with Crippen molar-refractivity contribution in [3.05, 3.63) is 32.6 Å². The Morgan fingerprint density at radius 2 is 1.93 bits per heavy atom. The summed E-state index contributed by atoms with van der Waals surface area (Å²) in [6, 6.07) is 0. The molecule has 1 saturated heterocycles. The van der Waals surface area contributed by atoms with Gasteiger partial charge >= 0.3 is 13.3 Å². The molecule has 0 radical (unpaired) electrons. The van der Waals surface area contributed by atoms with E-state index in [4.69, 9.17) is 9.26 Å². The third-order valence-corrected chi connectivity index (χ3v) is 7.31. The van der Waals surface area contributed by atoms with Crippen LogP contribution in [0.4, 0.5) is 4.39 Å². The molecule has 1 aromatic rings. The summed E-state index contributed by atoms with van der Waals surface area (Å²) < 4.78 is 39.3. The van der Waals surface area contributed by atoms with Gasteiger partial charge in [-0.3, -0.25) is 23.4 Å². The van der Waals surface area contributed by atoms with Crippen LogP contribution in [0.2, 0.25) is 0 Å². The third kappa shape index (κ3) is 4.45. The number of aromatic amines is 1. The van der Waals surface area contributed by atoms with Crippen LogP contribution in [0.1, 0.15) is 51.8 Å². The standard InChI is InChI=1S/C17H28FN2O9P/c1-5-7-17(18,29-30(26,27)16(4,25)6-2)12-10(21)11(22)14(28-12)20-8-9(3)13(23)19-15(20)24/h8,10-12,14,21-22,25H,5-7H2,1-4H3,(H,26,27)(H,19,23,24)/t10-,11+,12-,14+,16+,17?/m0/s1. The molecule has 0 spiro atoms. The number of aliphatic hydroxyl groups excluding tert-OH is 2. The lowest BCUT2D eigenvalue weighted by atomic mass is 10.00. The molecule has 11 nitrogen and oxygen atoms in total. The lowest BCUT2D eigenvalue weighted by Crippen LogP contribution is -2.48. The van der Waals surface area contributed by atoms with Crippen LogP contribution in [0.15, 0.2) is 15.8 Å². The van der Waals surface area contributed by atoms with Gasteiger partial charge in [-0.15, -0.1) is 0 Å². The zero-order valence-electron chi connectivity index (χ0n) is 17.1. The van der Waals surface area contributed by atoms with E-state index in [0.717, 1.165) is 17.7 Å². The van der Waals surface area contributed by atoms with E-state index >= 15 is 4.39 Å². The molecule has 2 heterocycles. The second-order valence-corrected chi connectivity index (χ2v) is 9.81. The van der Waals surface area contributed by atoms with Gasteiger partial charge in [-0.05, 0) is 20.3 Å². The first-order chi connectivity index (χ1) is 13.7. The van der Waals surface area contributed by atoms with Crippen molar-refractivity contribution in [1.82, 2.24) is 9.55 Å². The van der Waals surface area contributed by atoms with Gasteiger partial charge in [0.1, 0.15) is 18.3 Å². The molecule has 5 N–H and O–H groups in total. The fraction of sp³-hybridized carbons (Fsp3) is 0.765. The number of H-pyrrole nitrogens is 1. The van der Waals surface area contributed by atoms with Crippen molar-refractivity contribution in [2.24, 2.45) is 0 Å². The maximum atomic E-state index is 15.8. The van der Waals surface area contributed by atoms with Gasteiger partial charge in [0.05, 0.1) is 0 Å². The van der Waals surface area contributed by atoms with Crippen molar-refractivity contribution < 1.29 is 38.4 Å². The Bertz CT molecular complexity index is 933. The molecule has 0 saturated carbocycles. The molecule has 30 heavy (non-hydrogen) atoms. The molecule has 0 amide bonds. The van der Waals surface area contributed by atoms with E-state index in [2.05, 4.69) is 0 Å². The molecule has 0 aliphatic carbocycles. The average Bonchev–Trinajstić information content (AvgIpc) is 2.93. The minimum absolute atomic E-state index is 0.0931. The Labute approximate surface area is 171 Å². The number of aromatic nitrogens is 2. The van der Waals surface area contributed by atoms with Gasteiger partial charge in [0, 0.05) is 18.2 Å². The molecular formula is C17H28FN2O9P. The summed E-state index contributed by atoms with van der Waals surface area (Å²) in [4.78, 5) is 35.8. The fourth-order valence-electron chi connectivity index (χ4n) is 3.11. The highest BCUT2D eigenvalue weighted by Crippen LogP contribution is 2.60. The number of aryl methyl sites for hydroxylation is 1. The first kappa shape index (κ1) is 24.9. The molecule has 1 fully saturated rings. The molecule has 1 aromatic heterocycles. The molecule has 1 aliphatic heterocycles. The molecule has 0 aromatic carbocycles. The topological polar surface area (TPSA) is 171 Å². The summed E-state index contributed by atoms with van der Waals surface area (Å²) in [6.45, 7) is 5.34. The van der Waals surface area contributed by atoms with Crippen LogP contribution in [0.3, 0.4) is 0 Å². The highest BCUT2D eigenvalue weighted by molar-refractivity contribution is 7.54. The number of ether oxygens (including phenoxy) is 1. The number of aliphatic hydroxyl groups is 3. The number of nitrogens with one attached hydrogen (secondary N) is 1. The van der Waals surface area contributed by atoms with Gasteiger partial charge in [0.15, 0.2) is 11.6 Å². The number of halogens is 1. The smallest absolute Gasteiger partial charge is 0.361 e. The van der Waals surface area contributed by atoms with Gasteiger partial charge in [-0.1, -0.05) is 20.3 Å². The van der Waals surface area contributed by atoms with E-state index in [0.29, 0.717) is 0 Å². The molecule has 1 aliphatic rings. The molecule has 7 atom stereocenters. The Morgan fingerprint density at radius 3 is 2.47 bits per heavy atom. The maximum Gasteiger partial charge on any atom is 0.361 e. The van der Waals surface area contributed by atoms with E-state index in [-0.39, 0.29) is 18.4 Å². The van der Waals surface area contributed by atoms with Crippen molar-refractivity contribution in [2.45, 2.75) is 82.7 Å². The second kappa shape index (κ2) is 8.62. The van der Waals surface area contributed by atoms with E-state index in [9.17, 15) is 34.4 Å². The Hall–Kier alpha value is -1.40. The first-order valence-corrected chi connectivity index (χ1v) is 11.1. The van der Waals surface area contributed by atoms with Crippen LogP contribution in [0.25, 0.3) is 0 Å². The van der Waals surface area contributed by atoms with Gasteiger partial charge < -0.3 is 24.9 Å². The lowest BCUT2D eigenvalue weighted by molar-refractivity contribution is -0.202.